The van der Waals surface area contributed by atoms with E-state index < -0.39 is 0 Å². The Bertz CT molecular complexity index is 644. The second-order valence-electron chi connectivity index (χ2n) is 7.85. The van der Waals surface area contributed by atoms with Gasteiger partial charge in [0.05, 0.1) is 5.25 Å². The summed E-state index contributed by atoms with van der Waals surface area (Å²) in [4.78, 5) is 33.2. The van der Waals surface area contributed by atoms with Crippen molar-refractivity contribution in [3.05, 3.63) is 30.1 Å². The summed E-state index contributed by atoms with van der Waals surface area (Å²) in [5, 5.41) is 0.0490. The van der Waals surface area contributed by atoms with Crippen LogP contribution in [-0.4, -0.2) is 63.8 Å². The molecule has 3 rings (SSSR count). The number of hydrogen-bond acceptors (Lipinski definition) is 4. The SMILES string of the molecule is CCS[C@H](C)C(=O)N1CCC2(CCC(=O)N(CCc3cccnc3)C2)CC1. The molecule has 0 aromatic carbocycles. The highest BCUT2D eigenvalue weighted by Gasteiger charge is 2.41. The molecule has 148 valence electrons. The van der Waals surface area contributed by atoms with Gasteiger partial charge in [-0.3, -0.25) is 14.6 Å². The lowest BCUT2D eigenvalue weighted by atomic mass is 9.72. The zero-order valence-electron chi connectivity index (χ0n) is 16.5. The zero-order chi connectivity index (χ0) is 19.3. The van der Waals surface area contributed by atoms with Gasteiger partial charge in [0.25, 0.3) is 0 Å². The van der Waals surface area contributed by atoms with E-state index in [4.69, 9.17) is 0 Å². The molecule has 1 spiro atoms. The predicted molar refractivity (Wildman–Crippen MR) is 110 cm³/mol. The molecule has 2 fully saturated rings. The van der Waals surface area contributed by atoms with E-state index in [9.17, 15) is 9.59 Å². The van der Waals surface area contributed by atoms with E-state index in [1.807, 2.05) is 29.0 Å². The lowest BCUT2D eigenvalue weighted by Crippen LogP contribution is -2.53. The van der Waals surface area contributed by atoms with Crippen LogP contribution in [-0.2, 0) is 16.0 Å². The number of carbonyl (C=O) groups is 2. The highest BCUT2D eigenvalue weighted by atomic mass is 32.2. The van der Waals surface area contributed by atoms with E-state index in [1.54, 1.807) is 18.0 Å². The maximum absolute atomic E-state index is 12.6. The van der Waals surface area contributed by atoms with E-state index in [-0.39, 0.29) is 22.5 Å². The van der Waals surface area contributed by atoms with Crippen LogP contribution in [0.25, 0.3) is 0 Å². The van der Waals surface area contributed by atoms with Gasteiger partial charge in [0, 0.05) is 45.0 Å². The maximum Gasteiger partial charge on any atom is 0.235 e. The van der Waals surface area contributed by atoms with Gasteiger partial charge in [0.2, 0.25) is 11.8 Å². The molecule has 0 N–H and O–H groups in total. The van der Waals surface area contributed by atoms with Crippen LogP contribution in [0.15, 0.2) is 24.5 Å². The van der Waals surface area contributed by atoms with Crippen molar-refractivity contribution in [3.8, 4) is 0 Å². The first-order valence-electron chi connectivity index (χ1n) is 10.1. The molecule has 2 aliphatic rings. The van der Waals surface area contributed by atoms with E-state index in [0.29, 0.717) is 6.42 Å². The van der Waals surface area contributed by atoms with Gasteiger partial charge in [0.1, 0.15) is 0 Å². The first-order chi connectivity index (χ1) is 13.0. The van der Waals surface area contributed by atoms with Crippen molar-refractivity contribution in [3.63, 3.8) is 0 Å². The molecular formula is C21H31N3O2S. The molecule has 3 heterocycles. The van der Waals surface area contributed by atoms with Crippen molar-refractivity contribution < 1.29 is 9.59 Å². The van der Waals surface area contributed by atoms with E-state index in [2.05, 4.69) is 18.0 Å². The molecule has 6 heteroatoms. The lowest BCUT2D eigenvalue weighted by Gasteiger charge is -2.47. The average molecular weight is 390 g/mol. The minimum absolute atomic E-state index is 0.0490. The minimum Gasteiger partial charge on any atom is -0.342 e. The van der Waals surface area contributed by atoms with Crippen molar-refractivity contribution in [1.82, 2.24) is 14.8 Å². The Morgan fingerprint density at radius 3 is 2.78 bits per heavy atom. The number of amides is 2. The van der Waals surface area contributed by atoms with Crippen LogP contribution in [0.4, 0.5) is 0 Å². The fraction of sp³-hybridized carbons (Fsp3) is 0.667. The smallest absolute Gasteiger partial charge is 0.235 e. The van der Waals surface area contributed by atoms with Crippen LogP contribution >= 0.6 is 11.8 Å². The fourth-order valence-corrected chi connectivity index (χ4v) is 5.10. The number of rotatable bonds is 6. The first kappa shape index (κ1) is 20.2. The summed E-state index contributed by atoms with van der Waals surface area (Å²) in [5.41, 5.74) is 1.37. The number of likely N-dealkylation sites (tertiary alicyclic amines) is 2. The maximum atomic E-state index is 12.6. The third-order valence-electron chi connectivity index (χ3n) is 6.04. The van der Waals surface area contributed by atoms with Crippen LogP contribution in [0.2, 0.25) is 0 Å². The second-order valence-corrected chi connectivity index (χ2v) is 9.47. The second kappa shape index (κ2) is 9.09. The number of pyridine rings is 1. The fourth-order valence-electron chi connectivity index (χ4n) is 4.30. The Morgan fingerprint density at radius 1 is 1.33 bits per heavy atom. The summed E-state index contributed by atoms with van der Waals surface area (Å²) < 4.78 is 0. The van der Waals surface area contributed by atoms with Gasteiger partial charge in [-0.1, -0.05) is 13.0 Å². The molecule has 0 radical (unpaired) electrons. The number of nitrogens with zero attached hydrogens (tertiary/aromatic N) is 3. The van der Waals surface area contributed by atoms with Gasteiger partial charge in [-0.2, -0.15) is 0 Å². The van der Waals surface area contributed by atoms with Crippen LogP contribution in [0, 0.1) is 5.41 Å². The quantitative estimate of drug-likeness (QED) is 0.751. The third-order valence-corrected chi connectivity index (χ3v) is 7.08. The summed E-state index contributed by atoms with van der Waals surface area (Å²) in [6.07, 6.45) is 8.15. The first-order valence-corrected chi connectivity index (χ1v) is 11.1. The Labute approximate surface area is 166 Å². The molecule has 0 unspecified atom stereocenters. The topological polar surface area (TPSA) is 53.5 Å². The highest BCUT2D eigenvalue weighted by Crippen LogP contribution is 2.40. The van der Waals surface area contributed by atoms with Crippen LogP contribution in [0.3, 0.4) is 0 Å². The monoisotopic (exact) mass is 389 g/mol. The number of aromatic nitrogens is 1. The molecule has 0 aliphatic carbocycles. The number of piperidine rings is 2. The number of hydrogen-bond donors (Lipinski definition) is 0. The van der Waals surface area contributed by atoms with E-state index >= 15 is 0 Å². The number of carbonyl (C=O) groups excluding carboxylic acids is 2. The molecule has 5 nitrogen and oxygen atoms in total. The summed E-state index contributed by atoms with van der Waals surface area (Å²) in [6, 6.07) is 4.01. The standard InChI is InChI=1S/C21H31N3O2S/c1-3-27-17(2)20(26)23-13-9-21(10-14-23)8-6-19(25)24(16-21)12-7-18-5-4-11-22-15-18/h4-5,11,15,17H,3,6-10,12-14,16H2,1-2H3/t17-/m1/s1. The van der Waals surface area contributed by atoms with Gasteiger partial charge >= 0.3 is 0 Å². The minimum atomic E-state index is 0.0490. The normalized spacial score (nSPS) is 20.7. The Hall–Kier alpha value is -1.56. The third kappa shape index (κ3) is 5.03. The van der Waals surface area contributed by atoms with Crippen molar-refractivity contribution in [2.45, 2.75) is 51.2 Å². The molecule has 1 aromatic heterocycles. The van der Waals surface area contributed by atoms with Gasteiger partial charge in [-0.15, -0.1) is 11.8 Å². The van der Waals surface area contributed by atoms with Crippen molar-refractivity contribution in [1.29, 1.82) is 0 Å². The molecule has 2 aliphatic heterocycles. The van der Waals surface area contributed by atoms with E-state index in [1.165, 1.54) is 5.56 Å². The predicted octanol–water partition coefficient (Wildman–Crippen LogP) is 3.00. The lowest BCUT2D eigenvalue weighted by molar-refractivity contribution is -0.142. The molecule has 2 amide bonds. The summed E-state index contributed by atoms with van der Waals surface area (Å²) in [6.45, 7) is 7.38. The number of thioether (sulfide) groups is 1. The van der Waals surface area contributed by atoms with Crippen molar-refractivity contribution in [2.24, 2.45) is 5.41 Å². The average Bonchev–Trinajstić information content (AvgIpc) is 2.70. The van der Waals surface area contributed by atoms with Gasteiger partial charge < -0.3 is 9.80 Å². The Balaban J connectivity index is 1.54. The molecular weight excluding hydrogens is 358 g/mol. The summed E-state index contributed by atoms with van der Waals surface area (Å²) in [7, 11) is 0. The Morgan fingerprint density at radius 2 is 2.11 bits per heavy atom. The largest absolute Gasteiger partial charge is 0.342 e. The summed E-state index contributed by atoms with van der Waals surface area (Å²) in [5.74, 6) is 1.52. The van der Waals surface area contributed by atoms with Gasteiger partial charge in [-0.05, 0) is 55.4 Å². The zero-order valence-corrected chi connectivity index (χ0v) is 17.3. The van der Waals surface area contributed by atoms with Crippen LogP contribution < -0.4 is 0 Å². The van der Waals surface area contributed by atoms with Gasteiger partial charge in [0.15, 0.2) is 0 Å². The molecule has 1 atom stereocenters. The summed E-state index contributed by atoms with van der Waals surface area (Å²) >= 11 is 1.72. The van der Waals surface area contributed by atoms with Crippen molar-refractivity contribution in [2.75, 3.05) is 31.9 Å². The Kier molecular flexibility index (Phi) is 6.79. The highest BCUT2D eigenvalue weighted by molar-refractivity contribution is 8.00. The molecule has 2 saturated heterocycles. The molecule has 27 heavy (non-hydrogen) atoms. The van der Waals surface area contributed by atoms with Gasteiger partial charge in [-0.25, -0.2) is 0 Å². The van der Waals surface area contributed by atoms with Crippen molar-refractivity contribution >= 4 is 23.6 Å². The van der Waals surface area contributed by atoms with Crippen LogP contribution in [0.1, 0.15) is 45.1 Å². The van der Waals surface area contributed by atoms with Crippen LogP contribution in [0.5, 0.6) is 0 Å². The molecule has 0 saturated carbocycles. The molecule has 1 aromatic rings. The molecule has 0 bridgehead atoms. The van der Waals surface area contributed by atoms with E-state index in [0.717, 1.165) is 57.6 Å².